The average Bonchev–Trinajstić information content (AvgIpc) is 3.02. The Morgan fingerprint density at radius 1 is 1.20 bits per heavy atom. The van der Waals surface area contributed by atoms with Crippen LogP contribution in [0.1, 0.15) is 48.5 Å². The topological polar surface area (TPSA) is 90.0 Å². The third-order valence-corrected chi connectivity index (χ3v) is 5.96. The molecule has 30 heavy (non-hydrogen) atoms. The van der Waals surface area contributed by atoms with Gasteiger partial charge >= 0.3 is 0 Å². The number of nitrogens with zero attached hydrogens (tertiary/aromatic N) is 2. The summed E-state index contributed by atoms with van der Waals surface area (Å²) in [5.74, 6) is -0.312. The molecule has 1 atom stereocenters. The molecule has 0 bridgehead atoms. The highest BCUT2D eigenvalue weighted by Gasteiger charge is 2.52. The van der Waals surface area contributed by atoms with E-state index in [2.05, 4.69) is 5.32 Å². The van der Waals surface area contributed by atoms with Gasteiger partial charge in [0.1, 0.15) is 11.4 Å². The molecule has 0 saturated carbocycles. The van der Waals surface area contributed by atoms with E-state index in [0.29, 0.717) is 42.7 Å². The van der Waals surface area contributed by atoms with Crippen LogP contribution >= 0.6 is 0 Å². The highest BCUT2D eigenvalue weighted by atomic mass is 16.3. The molecule has 2 heterocycles. The van der Waals surface area contributed by atoms with E-state index in [-0.39, 0.29) is 29.9 Å². The van der Waals surface area contributed by atoms with Gasteiger partial charge in [-0.2, -0.15) is 0 Å². The molecular weight excluding hydrogens is 382 g/mol. The fourth-order valence-electron chi connectivity index (χ4n) is 4.40. The van der Waals surface area contributed by atoms with Crippen molar-refractivity contribution in [2.24, 2.45) is 0 Å². The second kappa shape index (κ2) is 7.48. The van der Waals surface area contributed by atoms with Crippen molar-refractivity contribution in [3.63, 3.8) is 0 Å². The summed E-state index contributed by atoms with van der Waals surface area (Å²) in [6.07, 6.45) is 1.60. The lowest BCUT2D eigenvalue weighted by atomic mass is 9.98. The lowest BCUT2D eigenvalue weighted by Gasteiger charge is -2.48. The van der Waals surface area contributed by atoms with Gasteiger partial charge in [0.25, 0.3) is 5.91 Å². The van der Waals surface area contributed by atoms with Crippen molar-refractivity contribution >= 4 is 29.1 Å². The second-order valence-corrected chi connectivity index (χ2v) is 8.09. The summed E-state index contributed by atoms with van der Waals surface area (Å²) in [5.41, 5.74) is 1.73. The van der Waals surface area contributed by atoms with Crippen LogP contribution in [0.25, 0.3) is 0 Å². The number of aryl methyl sites for hydroxylation is 1. The van der Waals surface area contributed by atoms with Crippen LogP contribution in [0, 0.1) is 6.92 Å². The fourth-order valence-corrected chi connectivity index (χ4v) is 4.40. The van der Waals surface area contributed by atoms with E-state index in [1.165, 1.54) is 0 Å². The minimum absolute atomic E-state index is 0.00930. The molecule has 2 aromatic carbocycles. The second-order valence-electron chi connectivity index (χ2n) is 8.09. The highest BCUT2D eigenvalue weighted by Crippen LogP contribution is 2.44. The smallest absolute Gasteiger partial charge is 0.257 e. The summed E-state index contributed by atoms with van der Waals surface area (Å²) >= 11 is 0. The molecule has 0 unspecified atom stereocenters. The minimum Gasteiger partial charge on any atom is -0.506 e. The largest absolute Gasteiger partial charge is 0.506 e. The Morgan fingerprint density at radius 3 is 2.73 bits per heavy atom. The SMILES string of the molecule is Cc1ccc(NC(=O)CCCN2C(=O)c3ccccc3N3C(=O)CC[C@]23C)c(O)c1. The summed E-state index contributed by atoms with van der Waals surface area (Å²) in [7, 11) is 0. The molecule has 156 valence electrons. The normalized spacial score (nSPS) is 20.2. The number of hydrogen-bond donors (Lipinski definition) is 2. The molecule has 0 aliphatic carbocycles. The summed E-state index contributed by atoms with van der Waals surface area (Å²) in [6.45, 7) is 4.13. The maximum atomic E-state index is 13.2. The Morgan fingerprint density at radius 2 is 1.97 bits per heavy atom. The van der Waals surface area contributed by atoms with Gasteiger partial charge in [-0.3, -0.25) is 19.3 Å². The predicted molar refractivity (Wildman–Crippen MR) is 113 cm³/mol. The molecule has 2 aliphatic heterocycles. The van der Waals surface area contributed by atoms with E-state index < -0.39 is 5.66 Å². The van der Waals surface area contributed by atoms with Gasteiger partial charge in [0.2, 0.25) is 11.8 Å². The van der Waals surface area contributed by atoms with E-state index in [9.17, 15) is 19.5 Å². The zero-order valence-corrected chi connectivity index (χ0v) is 17.1. The number of fused-ring (bicyclic) bond motifs is 3. The molecule has 0 aromatic heterocycles. The van der Waals surface area contributed by atoms with Crippen LogP contribution in [0.3, 0.4) is 0 Å². The van der Waals surface area contributed by atoms with Crippen molar-refractivity contribution in [2.45, 2.75) is 45.2 Å². The van der Waals surface area contributed by atoms with Gasteiger partial charge in [-0.1, -0.05) is 18.2 Å². The quantitative estimate of drug-likeness (QED) is 0.743. The Balaban J connectivity index is 1.46. The number of carbonyl (C=O) groups excluding carboxylic acids is 3. The van der Waals surface area contributed by atoms with Crippen molar-refractivity contribution in [1.82, 2.24) is 4.90 Å². The number of carbonyl (C=O) groups is 3. The first-order valence-corrected chi connectivity index (χ1v) is 10.1. The number of para-hydroxylation sites is 1. The van der Waals surface area contributed by atoms with Crippen molar-refractivity contribution in [3.8, 4) is 5.75 Å². The molecule has 2 N–H and O–H groups in total. The lowest BCUT2D eigenvalue weighted by molar-refractivity contribution is -0.118. The summed E-state index contributed by atoms with van der Waals surface area (Å²) in [5, 5.41) is 12.7. The maximum absolute atomic E-state index is 13.2. The molecule has 2 aromatic rings. The van der Waals surface area contributed by atoms with Crippen molar-refractivity contribution < 1.29 is 19.5 Å². The molecule has 4 rings (SSSR count). The van der Waals surface area contributed by atoms with Crippen molar-refractivity contribution in [3.05, 3.63) is 53.6 Å². The van der Waals surface area contributed by atoms with E-state index in [1.807, 2.05) is 32.0 Å². The number of nitrogens with one attached hydrogen (secondary N) is 1. The third kappa shape index (κ3) is 3.30. The van der Waals surface area contributed by atoms with Crippen LogP contribution < -0.4 is 10.2 Å². The van der Waals surface area contributed by atoms with Crippen LogP contribution in [-0.2, 0) is 9.59 Å². The Hall–Kier alpha value is -3.35. The predicted octanol–water partition coefficient (Wildman–Crippen LogP) is 3.42. The summed E-state index contributed by atoms with van der Waals surface area (Å²) in [4.78, 5) is 41.5. The number of hydrogen-bond acceptors (Lipinski definition) is 4. The number of phenols is 1. The first-order valence-electron chi connectivity index (χ1n) is 10.1. The number of aromatic hydroxyl groups is 1. The number of amides is 3. The number of benzene rings is 2. The molecule has 2 aliphatic rings. The molecule has 0 radical (unpaired) electrons. The Labute approximate surface area is 175 Å². The standard InChI is InChI=1S/C23H25N3O4/c1-15-9-10-17(19(27)14-15)24-20(28)8-5-13-25-22(30)16-6-3-4-7-18(16)26-21(29)11-12-23(25,26)2/h3-4,6-7,9-10,14,27H,5,8,11-13H2,1-2H3,(H,24,28)/t23-/m1/s1. The zero-order chi connectivity index (χ0) is 21.5. The first-order chi connectivity index (χ1) is 14.3. The lowest BCUT2D eigenvalue weighted by Crippen LogP contribution is -2.62. The molecular formula is C23H25N3O4. The zero-order valence-electron chi connectivity index (χ0n) is 17.1. The minimum atomic E-state index is -0.714. The third-order valence-electron chi connectivity index (χ3n) is 5.96. The van der Waals surface area contributed by atoms with Gasteiger partial charge in [-0.15, -0.1) is 0 Å². The number of rotatable bonds is 5. The van der Waals surface area contributed by atoms with Gasteiger partial charge in [0.15, 0.2) is 0 Å². The van der Waals surface area contributed by atoms with E-state index in [0.717, 1.165) is 5.56 Å². The van der Waals surface area contributed by atoms with Crippen molar-refractivity contribution in [2.75, 3.05) is 16.8 Å². The van der Waals surface area contributed by atoms with E-state index >= 15 is 0 Å². The fraction of sp³-hybridized carbons (Fsp3) is 0.348. The van der Waals surface area contributed by atoms with Crippen LogP contribution in [0.4, 0.5) is 11.4 Å². The van der Waals surface area contributed by atoms with Crippen LogP contribution in [0.5, 0.6) is 5.75 Å². The van der Waals surface area contributed by atoms with Crippen LogP contribution in [-0.4, -0.2) is 39.9 Å². The Bertz CT molecular complexity index is 1030. The van der Waals surface area contributed by atoms with Gasteiger partial charge in [0, 0.05) is 19.4 Å². The molecule has 1 fully saturated rings. The van der Waals surface area contributed by atoms with Gasteiger partial charge < -0.3 is 15.3 Å². The first kappa shape index (κ1) is 19.9. The monoisotopic (exact) mass is 407 g/mol. The maximum Gasteiger partial charge on any atom is 0.257 e. The van der Waals surface area contributed by atoms with Crippen LogP contribution in [0.15, 0.2) is 42.5 Å². The molecule has 7 heteroatoms. The summed E-state index contributed by atoms with van der Waals surface area (Å²) < 4.78 is 0. The molecule has 0 spiro atoms. The van der Waals surface area contributed by atoms with Crippen LogP contribution in [0.2, 0.25) is 0 Å². The van der Waals surface area contributed by atoms with Gasteiger partial charge in [0.05, 0.1) is 16.9 Å². The number of phenolic OH excluding ortho intramolecular Hbond substituents is 1. The molecule has 3 amide bonds. The average molecular weight is 407 g/mol. The van der Waals surface area contributed by atoms with Crippen molar-refractivity contribution in [1.29, 1.82) is 0 Å². The highest BCUT2D eigenvalue weighted by molar-refractivity contribution is 6.10. The van der Waals surface area contributed by atoms with E-state index in [4.69, 9.17) is 0 Å². The number of anilines is 2. The van der Waals surface area contributed by atoms with Gasteiger partial charge in [-0.05, 0) is 56.5 Å². The molecule has 1 saturated heterocycles. The molecule has 7 nitrogen and oxygen atoms in total. The van der Waals surface area contributed by atoms with E-state index in [1.54, 1.807) is 34.1 Å². The Kier molecular flexibility index (Phi) is 4.97. The van der Waals surface area contributed by atoms with Gasteiger partial charge in [-0.25, -0.2) is 0 Å². The summed E-state index contributed by atoms with van der Waals surface area (Å²) in [6, 6.07) is 12.2.